The predicted octanol–water partition coefficient (Wildman–Crippen LogP) is 20.1. The summed E-state index contributed by atoms with van der Waals surface area (Å²) in [6.07, 6.45) is 14.0. The van der Waals surface area contributed by atoms with Gasteiger partial charge in [0.15, 0.2) is 0 Å². The molecule has 0 aliphatic carbocycles. The number of carbonyl (C=O) groups is 7. The number of piperidine rings is 2. The van der Waals surface area contributed by atoms with Gasteiger partial charge in [0.2, 0.25) is 0 Å². The van der Waals surface area contributed by atoms with E-state index in [-0.39, 0.29) is 89.0 Å². The molecule has 14 heterocycles. The number of anilines is 6. The van der Waals surface area contributed by atoms with E-state index in [0.29, 0.717) is 115 Å². The zero-order valence-electron chi connectivity index (χ0n) is 70.8. The van der Waals surface area contributed by atoms with Gasteiger partial charge in [-0.3, -0.25) is 19.2 Å². The highest BCUT2D eigenvalue weighted by atomic mass is 127. The molecular weight excluding hydrogens is 1910 g/mol. The number of benzene rings is 4. The molecule has 4 aromatic carbocycles. The molecule has 0 spiro atoms. The highest BCUT2D eigenvalue weighted by Gasteiger charge is 2.44. The van der Waals surface area contributed by atoms with Crippen molar-refractivity contribution in [2.75, 3.05) is 46.6 Å². The van der Waals surface area contributed by atoms with Crippen LogP contribution in [0.2, 0.25) is 0 Å². The molecule has 35 heteroatoms. The summed E-state index contributed by atoms with van der Waals surface area (Å²) in [5.74, 6) is -2.73. The Kier molecular flexibility index (Phi) is 28.3. The third kappa shape index (κ3) is 19.7. The topological polar surface area (TPSA) is 319 Å². The second-order valence-electron chi connectivity index (χ2n) is 34.2. The Morgan fingerprint density at radius 2 is 0.783 bits per heavy atom. The number of aryl methyl sites for hydroxylation is 3. The zero-order chi connectivity index (χ0) is 90.2. The second kappa shape index (κ2) is 38.0. The Labute approximate surface area is 774 Å². The molecule has 2 saturated heterocycles. The van der Waals surface area contributed by atoms with Gasteiger partial charge in [0, 0.05) is 138 Å². The molecule has 678 valence electrons. The van der Waals surface area contributed by atoms with Crippen molar-refractivity contribution < 1.29 is 75.5 Å². The summed E-state index contributed by atoms with van der Waals surface area (Å²) >= 11 is 8.28. The van der Waals surface area contributed by atoms with Crippen molar-refractivity contribution in [3.05, 3.63) is 215 Å². The standard InChI is InChI=1S/C31H33FN6O4.C26H25FN6O2.C21H19BrFN3O3.C13H12BrFINO3.3CH4/c1-31(2,3)42-30(41)38-17-22-26(20-7-11-33-28-21(20)10-12-36(28)4)23(32)15-24(27(22)29(38)40)35-25-6-5-18(16-34-25)37-13-8-19(39)9-14-37;1-32-9-7-18-17(4-8-28-25(18)32)23-19-14-30-26(35)24(19)21(12-20(23)27)31-22-3-2-15(13-29-22)33-10-5-16(34)6-11-33;1-21(2,3)29-20(28)26-10-13-16(15(23)9-14(22)17(13)19(26)27)11-5-7-24-18-12(11)6-8-25(18)4;1-13(2,3)20-12(19)17-5-6-9(11(17)18)7(14)4-8(15)10(6)16;;;/h5-7,10-12,15-16,19,39H,8-9,13-14,17H2,1-4H3,(H,34,35);2-4,7-9,12-13,16,34H,5-6,10-11,14H2,1H3,(H,29,31)(H,30,35);5-9H,10H2,1-4H3;4H,5H2,1-3H3;3*1H4. The minimum absolute atomic E-state index is 0. The molecule has 5 N–H and O–H groups in total. The summed E-state index contributed by atoms with van der Waals surface area (Å²) in [7, 11) is 5.60. The van der Waals surface area contributed by atoms with Gasteiger partial charge in [-0.15, -0.1) is 0 Å². The van der Waals surface area contributed by atoms with Crippen molar-refractivity contribution in [1.29, 1.82) is 0 Å². The van der Waals surface area contributed by atoms with Crippen LogP contribution in [0.5, 0.6) is 0 Å². The van der Waals surface area contributed by atoms with Gasteiger partial charge in [0.05, 0.1) is 92.8 Å². The molecule has 12 aromatic rings. The molecule has 0 bridgehead atoms. The van der Waals surface area contributed by atoms with E-state index in [0.717, 1.165) is 86.9 Å². The van der Waals surface area contributed by atoms with E-state index in [4.69, 9.17) is 14.2 Å². The van der Waals surface area contributed by atoms with Gasteiger partial charge in [-0.2, -0.15) is 0 Å². The van der Waals surface area contributed by atoms with Crippen molar-refractivity contribution in [2.45, 2.75) is 165 Å². The number of ether oxygens (including phenoxy) is 3. The lowest BCUT2D eigenvalue weighted by Crippen LogP contribution is -2.37. The maximum Gasteiger partial charge on any atom is 0.417 e. The molecule has 0 unspecified atom stereocenters. The van der Waals surface area contributed by atoms with Gasteiger partial charge >= 0.3 is 18.3 Å². The van der Waals surface area contributed by atoms with Crippen LogP contribution in [0.3, 0.4) is 0 Å². The Balaban J connectivity index is 0.000000159. The summed E-state index contributed by atoms with van der Waals surface area (Å²) in [6.45, 7) is 18.6. The normalized spacial score (nSPS) is 14.8. The van der Waals surface area contributed by atoms with Crippen LogP contribution >= 0.6 is 54.5 Å². The quantitative estimate of drug-likeness (QED) is 0.0388. The molecule has 2 fully saturated rings. The monoisotopic (exact) mass is 2010 g/mol. The summed E-state index contributed by atoms with van der Waals surface area (Å²) in [5, 5.41) is 31.0. The summed E-state index contributed by atoms with van der Waals surface area (Å²) in [6, 6.07) is 23.4. The molecular formula is C94H101Br2F4IN16O12. The van der Waals surface area contributed by atoms with Crippen LogP contribution in [-0.4, -0.2) is 161 Å². The number of nitrogens with one attached hydrogen (secondary N) is 3. The largest absolute Gasteiger partial charge is 0.443 e. The van der Waals surface area contributed by atoms with Crippen LogP contribution in [0.25, 0.3) is 66.5 Å². The van der Waals surface area contributed by atoms with E-state index in [1.165, 1.54) is 24.3 Å². The van der Waals surface area contributed by atoms with Crippen molar-refractivity contribution in [1.82, 2.24) is 58.6 Å². The van der Waals surface area contributed by atoms with Gasteiger partial charge in [-0.25, -0.2) is 71.6 Å². The molecule has 129 heavy (non-hydrogen) atoms. The first-order chi connectivity index (χ1) is 59.7. The lowest BCUT2D eigenvalue weighted by atomic mass is 9.93. The number of amides is 7. The van der Waals surface area contributed by atoms with Crippen LogP contribution in [0, 0.1) is 26.8 Å². The number of imide groups is 3. The highest BCUT2D eigenvalue weighted by molar-refractivity contribution is 14.1. The minimum atomic E-state index is -0.819. The molecule has 0 radical (unpaired) electrons. The van der Waals surface area contributed by atoms with Crippen LogP contribution < -0.4 is 25.8 Å². The Morgan fingerprint density at radius 1 is 0.450 bits per heavy atom. The maximum absolute atomic E-state index is 16.1. The molecule has 0 atom stereocenters. The average molecular weight is 2010 g/mol. The van der Waals surface area contributed by atoms with E-state index in [9.17, 15) is 48.2 Å². The van der Waals surface area contributed by atoms with Gasteiger partial charge < -0.3 is 63.9 Å². The number of nitrogens with zero attached hydrogens (tertiary/aromatic N) is 13. The third-order valence-corrected chi connectivity index (χ3v) is 24.4. The van der Waals surface area contributed by atoms with Gasteiger partial charge in [-0.1, -0.05) is 22.3 Å². The van der Waals surface area contributed by atoms with E-state index < -0.39 is 76.1 Å². The van der Waals surface area contributed by atoms with Gasteiger partial charge in [0.1, 0.15) is 68.6 Å². The predicted molar refractivity (Wildman–Crippen MR) is 502 cm³/mol. The van der Waals surface area contributed by atoms with Crippen molar-refractivity contribution in [3.63, 3.8) is 0 Å². The average Bonchev–Trinajstić information content (AvgIpc) is 1.54. The SMILES string of the molecule is C.C.C.CC(C)(C)OC(=O)N1Cc2c(I)c(F)cc(Br)c2C1=O.Cn1ccc2c(-c3c(F)cc(Br)c4c3CN(C(=O)OC(C)(C)C)C4=O)ccnc21.Cn1ccc2c(-c3c(F)cc(Nc4ccc(N5CCC(O)CC5)cn4)c4c3CN(C(=O)OC(C)(C)C)C4=O)ccnc21.Cn1ccc2c(-c3c(F)cc(Nc4ccc(N5CCC(O)CC5)cn4)c4c3CNC4=O)ccnc21. The van der Waals surface area contributed by atoms with E-state index in [1.807, 2.05) is 112 Å². The number of hydrogen-bond donors (Lipinski definition) is 5. The second-order valence-corrected chi connectivity index (χ2v) is 37.0. The van der Waals surface area contributed by atoms with Crippen LogP contribution in [-0.2, 0) is 61.5 Å². The number of aliphatic hydroxyl groups is 2. The van der Waals surface area contributed by atoms with Crippen molar-refractivity contribution >= 4 is 164 Å². The number of aromatic nitrogens is 8. The van der Waals surface area contributed by atoms with Crippen LogP contribution in [0.1, 0.15) is 174 Å². The summed E-state index contributed by atoms with van der Waals surface area (Å²) in [5.41, 5.74) is 8.37. The van der Waals surface area contributed by atoms with E-state index in [2.05, 4.69) is 82.5 Å². The van der Waals surface area contributed by atoms with Crippen molar-refractivity contribution in [3.8, 4) is 33.4 Å². The van der Waals surface area contributed by atoms with E-state index >= 15 is 13.2 Å². The van der Waals surface area contributed by atoms with Crippen molar-refractivity contribution in [2.24, 2.45) is 21.1 Å². The number of rotatable bonds is 9. The lowest BCUT2D eigenvalue weighted by molar-refractivity contribution is 0.0231. The van der Waals surface area contributed by atoms with Crippen LogP contribution in [0.4, 0.5) is 66.3 Å². The molecule has 6 aliphatic heterocycles. The molecule has 6 aliphatic rings. The fourth-order valence-electron chi connectivity index (χ4n) is 16.1. The first-order valence-electron chi connectivity index (χ1n) is 40.5. The lowest BCUT2D eigenvalue weighted by Gasteiger charge is -2.31. The zero-order valence-corrected chi connectivity index (χ0v) is 76.1. The molecule has 7 amide bonds. The number of aliphatic hydroxyl groups excluding tert-OH is 2. The van der Waals surface area contributed by atoms with Crippen LogP contribution in [0.15, 0.2) is 143 Å². The number of fused-ring (bicyclic) bond motifs is 7. The minimum Gasteiger partial charge on any atom is -0.443 e. The first kappa shape index (κ1) is 96.2. The number of pyridine rings is 5. The fraction of sp³-hybridized carbons (Fsp3) is 0.340. The first-order valence-corrected chi connectivity index (χ1v) is 43.2. The number of hydrogen-bond acceptors (Lipinski definition) is 21. The molecule has 18 rings (SSSR count). The summed E-state index contributed by atoms with van der Waals surface area (Å²) in [4.78, 5) is 119. The highest BCUT2D eigenvalue weighted by Crippen LogP contribution is 2.47. The Hall–Kier alpha value is -11.9. The summed E-state index contributed by atoms with van der Waals surface area (Å²) < 4.78 is 83.2. The van der Waals surface area contributed by atoms with Gasteiger partial charge in [-0.05, 0) is 261 Å². The Bertz CT molecular complexity index is 6410. The molecule has 28 nitrogen and oxygen atoms in total. The molecule has 0 saturated carbocycles. The number of halogens is 7. The molecule has 8 aromatic heterocycles. The smallest absolute Gasteiger partial charge is 0.417 e. The maximum atomic E-state index is 16.1. The van der Waals surface area contributed by atoms with E-state index in [1.54, 1.807) is 118 Å². The third-order valence-electron chi connectivity index (χ3n) is 22.0. The fourth-order valence-corrected chi connectivity index (χ4v) is 17.9. The van der Waals surface area contributed by atoms with Gasteiger partial charge in [0.25, 0.3) is 23.6 Å². The number of carbonyl (C=O) groups excluding carboxylic acids is 7. The Morgan fingerprint density at radius 3 is 1.16 bits per heavy atom.